The summed E-state index contributed by atoms with van der Waals surface area (Å²) in [6.07, 6.45) is 4.71. The van der Waals surface area contributed by atoms with Gasteiger partial charge < -0.3 is 19.5 Å². The Labute approximate surface area is 190 Å². The molecule has 0 unspecified atom stereocenters. The van der Waals surface area contributed by atoms with Crippen molar-refractivity contribution in [2.45, 2.75) is 12.1 Å². The number of para-hydroxylation sites is 1. The highest BCUT2D eigenvalue weighted by Gasteiger charge is 2.42. The van der Waals surface area contributed by atoms with E-state index in [0.717, 1.165) is 39.5 Å². The molecule has 0 saturated heterocycles. The van der Waals surface area contributed by atoms with Crippen LogP contribution in [0.1, 0.15) is 28.8 Å². The van der Waals surface area contributed by atoms with Gasteiger partial charge in [0.05, 0.1) is 19.9 Å². The van der Waals surface area contributed by atoms with Crippen LogP contribution in [0.15, 0.2) is 78.9 Å². The molecule has 164 valence electrons. The molecule has 4 heterocycles. The van der Waals surface area contributed by atoms with Crippen LogP contribution < -0.4 is 19.5 Å². The second-order valence-electron chi connectivity index (χ2n) is 7.77. The molecule has 2 aromatic carbocycles. The molecule has 0 fully saturated rings. The summed E-state index contributed by atoms with van der Waals surface area (Å²) in [6.45, 7) is 0. The third-order valence-electron chi connectivity index (χ3n) is 6.04. The summed E-state index contributed by atoms with van der Waals surface area (Å²) in [5, 5.41) is 8.03. The van der Waals surface area contributed by atoms with Gasteiger partial charge in [0.2, 0.25) is 5.95 Å². The second-order valence-corrected chi connectivity index (χ2v) is 7.77. The van der Waals surface area contributed by atoms with Crippen molar-refractivity contribution in [2.75, 3.05) is 19.5 Å². The Morgan fingerprint density at radius 2 is 1.94 bits per heavy atom. The van der Waals surface area contributed by atoms with Gasteiger partial charge in [-0.3, -0.25) is 4.98 Å². The summed E-state index contributed by atoms with van der Waals surface area (Å²) in [5.41, 5.74) is 4.74. The molecule has 0 aliphatic carbocycles. The van der Waals surface area contributed by atoms with Crippen LogP contribution in [0.25, 0.3) is 5.70 Å². The number of rotatable bonds is 4. The smallest absolute Gasteiger partial charge is 0.226 e. The summed E-state index contributed by atoms with van der Waals surface area (Å²) >= 11 is 0. The molecule has 2 aliphatic heterocycles. The number of benzene rings is 2. The molecule has 8 heteroatoms. The third kappa shape index (κ3) is 3.02. The molecule has 0 saturated carbocycles. The van der Waals surface area contributed by atoms with E-state index in [0.29, 0.717) is 11.7 Å². The Kier molecular flexibility index (Phi) is 4.50. The van der Waals surface area contributed by atoms with E-state index >= 15 is 0 Å². The van der Waals surface area contributed by atoms with E-state index in [1.165, 1.54) is 0 Å². The largest absolute Gasteiger partial charge is 0.497 e. The lowest BCUT2D eigenvalue weighted by Crippen LogP contribution is -2.32. The summed E-state index contributed by atoms with van der Waals surface area (Å²) in [7, 11) is 3.31. The molecule has 6 rings (SSSR count). The van der Waals surface area contributed by atoms with Crippen molar-refractivity contribution in [3.63, 3.8) is 0 Å². The van der Waals surface area contributed by atoms with Gasteiger partial charge in [0.25, 0.3) is 0 Å². The van der Waals surface area contributed by atoms with E-state index in [-0.39, 0.29) is 6.04 Å². The predicted octanol–water partition coefficient (Wildman–Crippen LogP) is 4.25. The minimum Gasteiger partial charge on any atom is -0.497 e. The van der Waals surface area contributed by atoms with Crippen LogP contribution in [0, 0.1) is 0 Å². The number of ether oxygens (including phenoxy) is 3. The van der Waals surface area contributed by atoms with Crippen molar-refractivity contribution in [1.29, 1.82) is 0 Å². The number of hydrogen-bond acceptors (Lipinski definition) is 7. The third-order valence-corrected chi connectivity index (χ3v) is 6.04. The fraction of sp³-hybridized carbons (Fsp3) is 0.160. The monoisotopic (exact) mass is 439 g/mol. The Bertz CT molecular complexity index is 1370. The predicted molar refractivity (Wildman–Crippen MR) is 122 cm³/mol. The highest BCUT2D eigenvalue weighted by molar-refractivity contribution is 5.85. The Hall–Kier alpha value is -4.33. The van der Waals surface area contributed by atoms with Gasteiger partial charge in [0.15, 0.2) is 6.10 Å². The number of aromatic nitrogens is 4. The zero-order valence-corrected chi connectivity index (χ0v) is 18.1. The van der Waals surface area contributed by atoms with Crippen LogP contribution in [0.3, 0.4) is 0 Å². The zero-order valence-electron chi connectivity index (χ0n) is 18.1. The molecule has 0 spiro atoms. The first-order chi connectivity index (χ1) is 16.3. The van der Waals surface area contributed by atoms with Gasteiger partial charge in [0, 0.05) is 29.1 Å². The fourth-order valence-electron chi connectivity index (χ4n) is 4.58. The van der Waals surface area contributed by atoms with E-state index in [1.54, 1.807) is 26.7 Å². The van der Waals surface area contributed by atoms with E-state index in [1.807, 2.05) is 65.5 Å². The molecule has 4 aromatic rings. The van der Waals surface area contributed by atoms with E-state index in [2.05, 4.69) is 20.4 Å². The minimum atomic E-state index is -0.463. The van der Waals surface area contributed by atoms with Gasteiger partial charge in [-0.1, -0.05) is 18.2 Å². The van der Waals surface area contributed by atoms with Gasteiger partial charge in [-0.05, 0) is 42.0 Å². The van der Waals surface area contributed by atoms with Crippen LogP contribution >= 0.6 is 0 Å². The van der Waals surface area contributed by atoms with E-state index in [4.69, 9.17) is 14.2 Å². The van der Waals surface area contributed by atoms with Gasteiger partial charge in [-0.2, -0.15) is 10.1 Å². The standard InChI is InChI=1S/C25H21N5O3/c1-31-16-9-10-19(32-2)18(12-16)24-21-22(17-7-3-4-8-20(17)33-24)29-25-27-14-28-30(25)23(21)15-6-5-11-26-13-15/h3-14,23-24H,1-2H3,(H,27,28,29)/t23-,24-/m0/s1. The van der Waals surface area contributed by atoms with Gasteiger partial charge in [-0.25, -0.2) is 4.68 Å². The summed E-state index contributed by atoms with van der Waals surface area (Å²) in [6, 6.07) is 17.4. The molecule has 0 amide bonds. The molecule has 1 N–H and O–H groups in total. The lowest BCUT2D eigenvalue weighted by Gasteiger charge is -2.39. The maximum absolute atomic E-state index is 6.66. The number of fused-ring (bicyclic) bond motifs is 3. The van der Waals surface area contributed by atoms with Crippen molar-refractivity contribution in [3.8, 4) is 17.2 Å². The molecule has 33 heavy (non-hydrogen) atoms. The van der Waals surface area contributed by atoms with E-state index in [9.17, 15) is 0 Å². The number of nitrogens with one attached hydrogen (secondary N) is 1. The lowest BCUT2D eigenvalue weighted by atomic mass is 9.84. The van der Waals surface area contributed by atoms with Crippen molar-refractivity contribution >= 4 is 11.6 Å². The molecule has 0 bridgehead atoms. The van der Waals surface area contributed by atoms with Crippen LogP contribution in [-0.4, -0.2) is 34.0 Å². The van der Waals surface area contributed by atoms with E-state index < -0.39 is 6.10 Å². The normalized spacial score (nSPS) is 18.4. The number of anilines is 1. The lowest BCUT2D eigenvalue weighted by molar-refractivity contribution is 0.217. The fourth-order valence-corrected chi connectivity index (χ4v) is 4.58. The summed E-state index contributed by atoms with van der Waals surface area (Å²) in [5.74, 6) is 2.87. The maximum Gasteiger partial charge on any atom is 0.226 e. The highest BCUT2D eigenvalue weighted by Crippen LogP contribution is 2.52. The zero-order chi connectivity index (χ0) is 22.4. The summed E-state index contributed by atoms with van der Waals surface area (Å²) < 4.78 is 19.8. The van der Waals surface area contributed by atoms with Crippen LogP contribution in [-0.2, 0) is 0 Å². The van der Waals surface area contributed by atoms with Crippen molar-refractivity contribution in [1.82, 2.24) is 19.7 Å². The number of methoxy groups -OCH3 is 2. The first kappa shape index (κ1) is 19.4. The maximum atomic E-state index is 6.66. The molecule has 0 radical (unpaired) electrons. The molecule has 2 aliphatic rings. The molecule has 2 atom stereocenters. The van der Waals surface area contributed by atoms with Crippen LogP contribution in [0.2, 0.25) is 0 Å². The van der Waals surface area contributed by atoms with Crippen molar-refractivity contribution in [3.05, 3.63) is 95.6 Å². The van der Waals surface area contributed by atoms with Crippen molar-refractivity contribution < 1.29 is 14.2 Å². The van der Waals surface area contributed by atoms with Gasteiger partial charge in [-0.15, -0.1) is 0 Å². The molecule has 2 aromatic heterocycles. The topological polar surface area (TPSA) is 83.3 Å². The SMILES string of the molecule is COc1ccc(OC)c([C@@H]2Oc3ccccc3C3=C2[C@H](c2cccnc2)n2ncnc2N3)c1. The quantitative estimate of drug-likeness (QED) is 0.509. The Balaban J connectivity index is 1.64. The average molecular weight is 439 g/mol. The Morgan fingerprint density at radius 1 is 1.03 bits per heavy atom. The highest BCUT2D eigenvalue weighted by atomic mass is 16.5. The van der Waals surface area contributed by atoms with Crippen LogP contribution in [0.4, 0.5) is 5.95 Å². The first-order valence-corrected chi connectivity index (χ1v) is 10.6. The minimum absolute atomic E-state index is 0.276. The second kappa shape index (κ2) is 7.67. The molecular weight excluding hydrogens is 418 g/mol. The molecular formula is C25H21N5O3. The summed E-state index contributed by atoms with van der Waals surface area (Å²) in [4.78, 5) is 8.82. The van der Waals surface area contributed by atoms with Crippen molar-refractivity contribution in [2.24, 2.45) is 0 Å². The number of nitrogens with zero attached hydrogens (tertiary/aromatic N) is 4. The Morgan fingerprint density at radius 3 is 2.76 bits per heavy atom. The van der Waals surface area contributed by atoms with Crippen LogP contribution in [0.5, 0.6) is 17.2 Å². The average Bonchev–Trinajstić information content (AvgIpc) is 3.35. The van der Waals surface area contributed by atoms with Gasteiger partial charge >= 0.3 is 0 Å². The molecule has 8 nitrogen and oxygen atoms in total. The number of pyridine rings is 1. The number of hydrogen-bond donors (Lipinski definition) is 1. The van der Waals surface area contributed by atoms with Gasteiger partial charge in [0.1, 0.15) is 29.6 Å². The first-order valence-electron chi connectivity index (χ1n) is 10.6.